The second-order valence-corrected chi connectivity index (χ2v) is 7.68. The van der Waals surface area contributed by atoms with E-state index in [9.17, 15) is 4.79 Å². The summed E-state index contributed by atoms with van der Waals surface area (Å²) in [6.45, 7) is 8.78. The second kappa shape index (κ2) is 7.40. The molecule has 1 atom stereocenters. The molecule has 1 aromatic rings. The summed E-state index contributed by atoms with van der Waals surface area (Å²) >= 11 is 6.03. The number of hydrogen-bond acceptors (Lipinski definition) is 4. The quantitative estimate of drug-likeness (QED) is 0.849. The molecule has 2 heterocycles. The van der Waals surface area contributed by atoms with Gasteiger partial charge in [-0.1, -0.05) is 23.7 Å². The molecule has 132 valence electrons. The van der Waals surface area contributed by atoms with Gasteiger partial charge >= 0.3 is 0 Å². The first-order chi connectivity index (χ1) is 11.4. The Bertz CT molecular complexity index is 572. The van der Waals surface area contributed by atoms with Crippen molar-refractivity contribution < 1.29 is 9.53 Å². The Morgan fingerprint density at radius 3 is 2.71 bits per heavy atom. The van der Waals surface area contributed by atoms with Crippen LogP contribution in [-0.2, 0) is 9.53 Å². The fourth-order valence-corrected chi connectivity index (χ4v) is 3.40. The Kier molecular flexibility index (Phi) is 5.45. The van der Waals surface area contributed by atoms with E-state index < -0.39 is 0 Å². The van der Waals surface area contributed by atoms with Gasteiger partial charge < -0.3 is 15.4 Å². The number of hydrogen-bond donors (Lipinski definition) is 2. The topological polar surface area (TPSA) is 53.6 Å². The number of nitrogens with zero attached hydrogens (tertiary/aromatic N) is 1. The fourth-order valence-electron chi connectivity index (χ4n) is 3.28. The summed E-state index contributed by atoms with van der Waals surface area (Å²) in [5.41, 5.74) is 0.995. The van der Waals surface area contributed by atoms with Gasteiger partial charge in [-0.3, -0.25) is 9.69 Å². The number of benzene rings is 1. The lowest BCUT2D eigenvalue weighted by Gasteiger charge is -2.42. The Hall–Kier alpha value is -1.14. The Morgan fingerprint density at radius 2 is 2.12 bits per heavy atom. The van der Waals surface area contributed by atoms with Crippen molar-refractivity contribution in [2.45, 2.75) is 25.5 Å². The first-order valence-corrected chi connectivity index (χ1v) is 8.94. The summed E-state index contributed by atoms with van der Waals surface area (Å²) in [6, 6.07) is 8.04. The van der Waals surface area contributed by atoms with Crippen LogP contribution in [0, 0.1) is 5.92 Å². The van der Waals surface area contributed by atoms with Gasteiger partial charge in [-0.25, -0.2) is 0 Å². The van der Waals surface area contributed by atoms with E-state index in [0.717, 1.165) is 31.2 Å². The molecule has 2 fully saturated rings. The Balaban J connectivity index is 1.72. The molecular weight excluding hydrogens is 326 g/mol. The minimum absolute atomic E-state index is 0.108. The van der Waals surface area contributed by atoms with Gasteiger partial charge in [0.05, 0.1) is 24.2 Å². The van der Waals surface area contributed by atoms with Gasteiger partial charge in [-0.15, -0.1) is 0 Å². The molecule has 0 saturated carbocycles. The molecule has 1 amide bonds. The summed E-state index contributed by atoms with van der Waals surface area (Å²) in [6.07, 6.45) is 0. The largest absolute Gasteiger partial charge is 0.373 e. The molecule has 2 aliphatic heterocycles. The first-order valence-electron chi connectivity index (χ1n) is 8.56. The molecule has 3 rings (SSSR count). The zero-order chi connectivity index (χ0) is 17.2. The zero-order valence-electron chi connectivity index (χ0n) is 14.3. The van der Waals surface area contributed by atoms with Gasteiger partial charge in [0.25, 0.3) is 0 Å². The van der Waals surface area contributed by atoms with Gasteiger partial charge in [0.2, 0.25) is 5.91 Å². The SMILES string of the molecule is CC1(C)CN(C(CNC(=O)C2CNC2)c2ccc(Cl)cc2)CCO1. The molecule has 0 spiro atoms. The summed E-state index contributed by atoms with van der Waals surface area (Å²) in [7, 11) is 0. The highest BCUT2D eigenvalue weighted by Crippen LogP contribution is 2.27. The smallest absolute Gasteiger partial charge is 0.225 e. The van der Waals surface area contributed by atoms with Crippen LogP contribution in [0.2, 0.25) is 5.02 Å². The maximum atomic E-state index is 12.2. The van der Waals surface area contributed by atoms with Gasteiger partial charge in [0.1, 0.15) is 0 Å². The minimum Gasteiger partial charge on any atom is -0.373 e. The lowest BCUT2D eigenvalue weighted by atomic mass is 9.99. The number of morpholine rings is 1. The number of carbonyl (C=O) groups excluding carboxylic acids is 1. The van der Waals surface area contributed by atoms with Gasteiger partial charge in [-0.05, 0) is 31.5 Å². The van der Waals surface area contributed by atoms with E-state index in [2.05, 4.69) is 29.4 Å². The molecule has 6 heteroatoms. The van der Waals surface area contributed by atoms with E-state index in [1.165, 1.54) is 5.56 Å². The lowest BCUT2D eigenvalue weighted by molar-refractivity contribution is -0.127. The molecule has 0 aromatic heterocycles. The number of amides is 1. The Morgan fingerprint density at radius 1 is 1.42 bits per heavy atom. The number of carbonyl (C=O) groups is 1. The van der Waals surface area contributed by atoms with Crippen LogP contribution in [0.15, 0.2) is 24.3 Å². The molecule has 1 unspecified atom stereocenters. The van der Waals surface area contributed by atoms with Crippen LogP contribution in [0.4, 0.5) is 0 Å². The zero-order valence-corrected chi connectivity index (χ0v) is 15.1. The van der Waals surface area contributed by atoms with E-state index in [1.807, 2.05) is 24.3 Å². The highest BCUT2D eigenvalue weighted by atomic mass is 35.5. The number of halogens is 1. The molecule has 1 aromatic carbocycles. The van der Waals surface area contributed by atoms with Crippen molar-refractivity contribution in [2.24, 2.45) is 5.92 Å². The Labute approximate surface area is 148 Å². The number of ether oxygens (including phenoxy) is 1. The first kappa shape index (κ1) is 17.7. The molecule has 24 heavy (non-hydrogen) atoms. The monoisotopic (exact) mass is 351 g/mol. The average molecular weight is 352 g/mol. The van der Waals surface area contributed by atoms with E-state index in [-0.39, 0.29) is 23.5 Å². The molecule has 0 aliphatic carbocycles. The van der Waals surface area contributed by atoms with Crippen molar-refractivity contribution in [3.63, 3.8) is 0 Å². The molecular formula is C18H26ClN3O2. The number of rotatable bonds is 5. The fraction of sp³-hybridized carbons (Fsp3) is 0.611. The van der Waals surface area contributed by atoms with Gasteiger partial charge in [0.15, 0.2) is 0 Å². The third-order valence-corrected chi connectivity index (χ3v) is 5.02. The third kappa shape index (κ3) is 4.28. The van der Waals surface area contributed by atoms with E-state index in [1.54, 1.807) is 0 Å². The summed E-state index contributed by atoms with van der Waals surface area (Å²) in [5, 5.41) is 6.99. The normalized spacial score (nSPS) is 22.6. The minimum atomic E-state index is -0.176. The summed E-state index contributed by atoms with van der Waals surface area (Å²) < 4.78 is 5.83. The van der Waals surface area contributed by atoms with Crippen molar-refractivity contribution in [1.82, 2.24) is 15.5 Å². The molecule has 2 aliphatic rings. The van der Waals surface area contributed by atoms with Gasteiger partial charge in [-0.2, -0.15) is 0 Å². The average Bonchev–Trinajstić information content (AvgIpc) is 2.46. The van der Waals surface area contributed by atoms with E-state index in [0.29, 0.717) is 13.2 Å². The van der Waals surface area contributed by atoms with E-state index in [4.69, 9.17) is 16.3 Å². The predicted molar refractivity (Wildman–Crippen MR) is 95.2 cm³/mol. The molecule has 0 radical (unpaired) electrons. The van der Waals surface area contributed by atoms with Crippen LogP contribution >= 0.6 is 11.6 Å². The van der Waals surface area contributed by atoms with Crippen molar-refractivity contribution in [1.29, 1.82) is 0 Å². The molecule has 0 bridgehead atoms. The molecule has 2 N–H and O–H groups in total. The van der Waals surface area contributed by atoms with Crippen LogP contribution in [0.3, 0.4) is 0 Å². The maximum absolute atomic E-state index is 12.2. The van der Waals surface area contributed by atoms with Crippen LogP contribution in [0.25, 0.3) is 0 Å². The predicted octanol–water partition coefficient (Wildman–Crippen LogP) is 1.83. The number of nitrogens with one attached hydrogen (secondary N) is 2. The maximum Gasteiger partial charge on any atom is 0.225 e. The summed E-state index contributed by atoms with van der Waals surface area (Å²) in [4.78, 5) is 14.6. The molecule has 5 nitrogen and oxygen atoms in total. The summed E-state index contributed by atoms with van der Waals surface area (Å²) in [5.74, 6) is 0.247. The molecule has 2 saturated heterocycles. The van der Waals surface area contributed by atoms with Crippen molar-refractivity contribution in [2.75, 3.05) is 39.3 Å². The highest BCUT2D eigenvalue weighted by molar-refractivity contribution is 6.30. The van der Waals surface area contributed by atoms with Crippen molar-refractivity contribution >= 4 is 17.5 Å². The van der Waals surface area contributed by atoms with Crippen molar-refractivity contribution in [3.05, 3.63) is 34.9 Å². The van der Waals surface area contributed by atoms with Crippen LogP contribution < -0.4 is 10.6 Å². The van der Waals surface area contributed by atoms with Gasteiger partial charge in [0, 0.05) is 37.7 Å². The lowest BCUT2D eigenvalue weighted by Crippen LogP contribution is -2.54. The highest BCUT2D eigenvalue weighted by Gasteiger charge is 2.33. The standard InChI is InChI=1S/C18H26ClN3O2/c1-18(2)12-22(7-8-24-18)16(13-3-5-15(19)6-4-13)11-21-17(23)14-9-20-10-14/h3-6,14,16,20H,7-12H2,1-2H3,(H,21,23). The van der Waals surface area contributed by atoms with E-state index >= 15 is 0 Å². The second-order valence-electron chi connectivity index (χ2n) is 7.25. The van der Waals surface area contributed by atoms with Crippen LogP contribution in [0.5, 0.6) is 0 Å². The third-order valence-electron chi connectivity index (χ3n) is 4.77. The van der Waals surface area contributed by atoms with Crippen LogP contribution in [0.1, 0.15) is 25.5 Å². The van der Waals surface area contributed by atoms with Crippen molar-refractivity contribution in [3.8, 4) is 0 Å². The van der Waals surface area contributed by atoms with Crippen LogP contribution in [-0.4, -0.2) is 55.7 Å².